The number of benzene rings is 1. The van der Waals surface area contributed by atoms with E-state index in [0.29, 0.717) is 0 Å². The van der Waals surface area contributed by atoms with Crippen LogP contribution in [0.2, 0.25) is 0 Å². The van der Waals surface area contributed by atoms with Crippen molar-refractivity contribution in [1.29, 1.82) is 0 Å². The van der Waals surface area contributed by atoms with Crippen molar-refractivity contribution in [3.8, 4) is 0 Å². The van der Waals surface area contributed by atoms with Gasteiger partial charge in [-0.1, -0.05) is 57.5 Å². The molecule has 0 bridgehead atoms. The lowest BCUT2D eigenvalue weighted by Crippen LogP contribution is -3.00. The first-order chi connectivity index (χ1) is 8.76. The van der Waals surface area contributed by atoms with E-state index < -0.39 is 0 Å². The monoisotopic (exact) mass is 327 g/mol. The highest BCUT2D eigenvalue weighted by Crippen LogP contribution is 2.18. The molecule has 110 valence electrons. The second-order valence-corrected chi connectivity index (χ2v) is 5.51. The number of unbranched alkanes of at least 4 members (excludes halogenated alkanes) is 1. The van der Waals surface area contributed by atoms with Crippen LogP contribution >= 0.6 is 0 Å². The van der Waals surface area contributed by atoms with Crippen LogP contribution in [-0.4, -0.2) is 24.1 Å². The molecule has 19 heavy (non-hydrogen) atoms. The first-order valence-electron chi connectivity index (χ1n) is 7.65. The van der Waals surface area contributed by atoms with Gasteiger partial charge in [-0.15, -0.1) is 0 Å². The van der Waals surface area contributed by atoms with Crippen LogP contribution < -0.4 is 17.0 Å². The molecule has 1 rings (SSSR count). The Kier molecular flexibility index (Phi) is 10.3. The first kappa shape index (κ1) is 18.7. The molecule has 2 heteroatoms. The maximum atomic E-state index is 2.32. The molecule has 1 nitrogen and oxygen atoms in total. The van der Waals surface area contributed by atoms with Crippen molar-refractivity contribution < 1.29 is 21.5 Å². The molecular formula is C17H30BrN. The maximum absolute atomic E-state index is 2.32. The van der Waals surface area contributed by atoms with Crippen LogP contribution in [0.25, 0.3) is 0 Å². The molecule has 0 spiro atoms. The van der Waals surface area contributed by atoms with Crippen LogP contribution in [-0.2, 0) is 6.54 Å². The number of quaternary nitrogens is 1. The molecule has 0 atom stereocenters. The van der Waals surface area contributed by atoms with Gasteiger partial charge in [-0.05, 0) is 19.3 Å². The number of rotatable bonds is 9. The molecule has 0 amide bonds. The lowest BCUT2D eigenvalue weighted by molar-refractivity contribution is -0.941. The lowest BCUT2D eigenvalue weighted by atomic mass is 10.1. The van der Waals surface area contributed by atoms with Crippen LogP contribution in [0.5, 0.6) is 0 Å². The van der Waals surface area contributed by atoms with Crippen molar-refractivity contribution in [3.05, 3.63) is 35.9 Å². The lowest BCUT2D eigenvalue weighted by Gasteiger charge is -2.39. The average molecular weight is 328 g/mol. The van der Waals surface area contributed by atoms with Crippen LogP contribution in [0, 0.1) is 0 Å². The Bertz CT molecular complexity index is 304. The summed E-state index contributed by atoms with van der Waals surface area (Å²) in [5.41, 5.74) is 1.50. The topological polar surface area (TPSA) is 0 Å². The normalized spacial score (nSPS) is 11.1. The predicted molar refractivity (Wildman–Crippen MR) is 80.5 cm³/mol. The van der Waals surface area contributed by atoms with E-state index >= 15 is 0 Å². The molecular weight excluding hydrogens is 298 g/mol. The van der Waals surface area contributed by atoms with Crippen molar-refractivity contribution >= 4 is 0 Å². The molecule has 0 unspecified atom stereocenters. The fraction of sp³-hybridized carbons (Fsp3) is 0.647. The molecule has 1 aromatic rings. The van der Waals surface area contributed by atoms with Gasteiger partial charge in [0.25, 0.3) is 0 Å². The standard InChI is InChI=1S/C17H30N.BrH/c1-4-7-15-18(13-5-2,14-6-3)16-17-11-9-8-10-12-17;/h8-12H,4-7,13-16H2,1-3H3;1H/q+1;/p-1. The third-order valence-corrected chi connectivity index (χ3v) is 3.74. The third kappa shape index (κ3) is 6.58. The van der Waals surface area contributed by atoms with Crippen molar-refractivity contribution in [2.75, 3.05) is 19.6 Å². The Labute approximate surface area is 130 Å². The predicted octanol–water partition coefficient (Wildman–Crippen LogP) is 1.63. The minimum atomic E-state index is 0. The highest BCUT2D eigenvalue weighted by Gasteiger charge is 2.25. The first-order valence-corrected chi connectivity index (χ1v) is 7.65. The highest BCUT2D eigenvalue weighted by molar-refractivity contribution is 5.13. The fourth-order valence-corrected chi connectivity index (χ4v) is 2.99. The van der Waals surface area contributed by atoms with E-state index in [9.17, 15) is 0 Å². The summed E-state index contributed by atoms with van der Waals surface area (Å²) in [6.07, 6.45) is 5.24. The molecule has 0 heterocycles. The highest BCUT2D eigenvalue weighted by atomic mass is 79.9. The summed E-state index contributed by atoms with van der Waals surface area (Å²) in [5, 5.41) is 0. The molecule has 1 aromatic carbocycles. The van der Waals surface area contributed by atoms with Gasteiger partial charge in [0.15, 0.2) is 0 Å². The third-order valence-electron chi connectivity index (χ3n) is 3.74. The van der Waals surface area contributed by atoms with E-state index in [-0.39, 0.29) is 17.0 Å². The Morgan fingerprint density at radius 2 is 1.37 bits per heavy atom. The van der Waals surface area contributed by atoms with Gasteiger partial charge in [0.2, 0.25) is 0 Å². The largest absolute Gasteiger partial charge is 1.00 e. The summed E-state index contributed by atoms with van der Waals surface area (Å²) in [5.74, 6) is 0. The quantitative estimate of drug-likeness (QED) is 0.605. The number of nitrogens with zero attached hydrogens (tertiary/aromatic N) is 1. The zero-order chi connectivity index (χ0) is 13.3. The van der Waals surface area contributed by atoms with Gasteiger partial charge in [-0.25, -0.2) is 0 Å². The van der Waals surface area contributed by atoms with Crippen LogP contribution in [0.4, 0.5) is 0 Å². The minimum Gasteiger partial charge on any atom is -1.00 e. The maximum Gasteiger partial charge on any atom is 0.104 e. The van der Waals surface area contributed by atoms with E-state index in [1.807, 2.05) is 0 Å². The second kappa shape index (κ2) is 10.4. The van der Waals surface area contributed by atoms with E-state index in [4.69, 9.17) is 0 Å². The van der Waals surface area contributed by atoms with Gasteiger partial charge in [-0.2, -0.15) is 0 Å². The van der Waals surface area contributed by atoms with Crippen LogP contribution in [0.15, 0.2) is 30.3 Å². The second-order valence-electron chi connectivity index (χ2n) is 5.51. The van der Waals surface area contributed by atoms with Crippen molar-refractivity contribution in [2.24, 2.45) is 0 Å². The molecule has 0 aliphatic heterocycles. The Hall–Kier alpha value is -0.340. The zero-order valence-corrected chi connectivity index (χ0v) is 14.5. The number of halogens is 1. The summed E-state index contributed by atoms with van der Waals surface area (Å²) < 4.78 is 1.28. The molecule has 0 fully saturated rings. The fourth-order valence-electron chi connectivity index (χ4n) is 2.99. The van der Waals surface area contributed by atoms with Crippen molar-refractivity contribution in [2.45, 2.75) is 53.0 Å². The molecule has 0 aromatic heterocycles. The Morgan fingerprint density at radius 1 is 0.789 bits per heavy atom. The van der Waals surface area contributed by atoms with Crippen LogP contribution in [0.3, 0.4) is 0 Å². The van der Waals surface area contributed by atoms with Crippen molar-refractivity contribution in [3.63, 3.8) is 0 Å². The summed E-state index contributed by atoms with van der Waals surface area (Å²) in [7, 11) is 0. The van der Waals surface area contributed by atoms with Gasteiger partial charge >= 0.3 is 0 Å². The minimum absolute atomic E-state index is 0. The molecule has 0 aliphatic rings. The van der Waals surface area contributed by atoms with E-state index in [0.717, 1.165) is 0 Å². The molecule has 0 saturated carbocycles. The van der Waals surface area contributed by atoms with Gasteiger partial charge in [0.05, 0.1) is 19.6 Å². The zero-order valence-electron chi connectivity index (χ0n) is 12.9. The van der Waals surface area contributed by atoms with Gasteiger partial charge in [0, 0.05) is 5.56 Å². The van der Waals surface area contributed by atoms with Gasteiger partial charge in [-0.3, -0.25) is 0 Å². The molecule has 0 aliphatic carbocycles. The Morgan fingerprint density at radius 3 is 1.84 bits per heavy atom. The van der Waals surface area contributed by atoms with Gasteiger partial charge < -0.3 is 21.5 Å². The molecule has 0 saturated heterocycles. The number of hydrogen-bond donors (Lipinski definition) is 0. The van der Waals surface area contributed by atoms with E-state index in [1.54, 1.807) is 0 Å². The summed E-state index contributed by atoms with van der Waals surface area (Å²) in [6.45, 7) is 12.1. The smallest absolute Gasteiger partial charge is 0.104 e. The van der Waals surface area contributed by atoms with E-state index in [2.05, 4.69) is 51.1 Å². The summed E-state index contributed by atoms with van der Waals surface area (Å²) in [6, 6.07) is 11.0. The average Bonchev–Trinajstić information content (AvgIpc) is 2.38. The SMILES string of the molecule is CCCC[N+](CCC)(CCC)Cc1ccccc1.[Br-]. The van der Waals surface area contributed by atoms with Crippen molar-refractivity contribution in [1.82, 2.24) is 0 Å². The van der Waals surface area contributed by atoms with Gasteiger partial charge in [0.1, 0.15) is 6.54 Å². The Balaban J connectivity index is 0.00000324. The summed E-state index contributed by atoms with van der Waals surface area (Å²) in [4.78, 5) is 0. The summed E-state index contributed by atoms with van der Waals surface area (Å²) >= 11 is 0. The van der Waals surface area contributed by atoms with Crippen LogP contribution in [0.1, 0.15) is 52.0 Å². The molecule has 0 radical (unpaired) electrons. The van der Waals surface area contributed by atoms with E-state index in [1.165, 1.54) is 61.9 Å². The number of hydrogen-bond acceptors (Lipinski definition) is 0. The molecule has 0 N–H and O–H groups in total.